The van der Waals surface area contributed by atoms with Gasteiger partial charge in [-0.25, -0.2) is 4.39 Å². The Hall–Kier alpha value is -3.29. The van der Waals surface area contributed by atoms with Gasteiger partial charge in [-0.2, -0.15) is 4.68 Å². The molecule has 1 aromatic heterocycles. The van der Waals surface area contributed by atoms with Crippen molar-refractivity contribution in [2.45, 2.75) is 0 Å². The molecule has 0 spiro atoms. The molecule has 8 heteroatoms. The van der Waals surface area contributed by atoms with Gasteiger partial charge in [0.15, 0.2) is 11.6 Å². The second-order valence-corrected chi connectivity index (χ2v) is 4.24. The van der Waals surface area contributed by atoms with Crippen molar-refractivity contribution in [3.63, 3.8) is 0 Å². The van der Waals surface area contributed by atoms with Crippen molar-refractivity contribution in [1.29, 1.82) is 0 Å². The second kappa shape index (κ2) is 5.60. The number of carboxylic acids is 1. The quantitative estimate of drug-likeness (QED) is 0.712. The van der Waals surface area contributed by atoms with Crippen LogP contribution in [0.15, 0.2) is 48.5 Å². The number of nitrogens with zero attached hydrogens (tertiary/aromatic N) is 4. The number of aromatic nitrogens is 4. The Bertz CT molecular complexity index is 817. The molecule has 0 radical (unpaired) electrons. The number of rotatable bonds is 4. The van der Waals surface area contributed by atoms with Gasteiger partial charge in [0.25, 0.3) is 0 Å². The van der Waals surface area contributed by atoms with E-state index < -0.39 is 11.8 Å². The van der Waals surface area contributed by atoms with Gasteiger partial charge < -0.3 is 14.6 Å². The lowest BCUT2D eigenvalue weighted by atomic mass is 10.2. The maximum atomic E-state index is 13.6. The molecule has 0 saturated carbocycles. The maximum absolute atomic E-state index is 13.6. The number of hydrogen-bond acceptors (Lipinski definition) is 6. The molecule has 2 aromatic carbocycles. The van der Waals surface area contributed by atoms with Crippen molar-refractivity contribution in [1.82, 2.24) is 20.2 Å². The SMILES string of the molecule is O=C([O-])c1ccc(-n2nnnc2Oc2ccccc2F)cc1. The maximum Gasteiger partial charge on any atom is 0.346 e. The van der Waals surface area contributed by atoms with Crippen LogP contribution >= 0.6 is 0 Å². The highest BCUT2D eigenvalue weighted by Crippen LogP contribution is 2.23. The summed E-state index contributed by atoms with van der Waals surface area (Å²) in [5.41, 5.74) is 0.481. The molecule has 0 aliphatic heterocycles. The molecule has 0 amide bonds. The Kier molecular flexibility index (Phi) is 3.48. The minimum Gasteiger partial charge on any atom is -0.545 e. The number of ether oxygens (including phenoxy) is 1. The van der Waals surface area contributed by atoms with Crippen molar-refractivity contribution in [2.75, 3.05) is 0 Å². The normalized spacial score (nSPS) is 10.4. The highest BCUT2D eigenvalue weighted by Gasteiger charge is 2.12. The van der Waals surface area contributed by atoms with Crippen LogP contribution < -0.4 is 9.84 Å². The number of aromatic carboxylic acids is 1. The van der Waals surface area contributed by atoms with Crippen molar-refractivity contribution in [3.05, 3.63) is 59.9 Å². The van der Waals surface area contributed by atoms with Gasteiger partial charge in [0.1, 0.15) is 0 Å². The van der Waals surface area contributed by atoms with Crippen LogP contribution in [0, 0.1) is 5.82 Å². The monoisotopic (exact) mass is 299 g/mol. The van der Waals surface area contributed by atoms with Crippen LogP contribution in [0.25, 0.3) is 5.69 Å². The molecule has 1 heterocycles. The summed E-state index contributed by atoms with van der Waals surface area (Å²) in [4.78, 5) is 10.7. The lowest BCUT2D eigenvalue weighted by Crippen LogP contribution is -2.22. The molecule has 0 unspecified atom stereocenters. The summed E-state index contributed by atoms with van der Waals surface area (Å²) in [6, 6.07) is 11.4. The molecule has 0 bridgehead atoms. The number of carbonyl (C=O) groups excluding carboxylic acids is 1. The lowest BCUT2D eigenvalue weighted by molar-refractivity contribution is -0.255. The predicted octanol–water partition coefficient (Wildman–Crippen LogP) is 0.957. The van der Waals surface area contributed by atoms with Crippen molar-refractivity contribution in [3.8, 4) is 17.4 Å². The molecule has 0 aliphatic rings. The molecule has 0 saturated heterocycles. The highest BCUT2D eigenvalue weighted by atomic mass is 19.1. The van der Waals surface area contributed by atoms with Gasteiger partial charge in [0, 0.05) is 0 Å². The molecular weight excluding hydrogens is 291 g/mol. The summed E-state index contributed by atoms with van der Waals surface area (Å²) in [5, 5.41) is 21.6. The molecule has 22 heavy (non-hydrogen) atoms. The molecular formula is C14H8FN4O3-. The van der Waals surface area contributed by atoms with Crippen LogP contribution in [0.1, 0.15) is 10.4 Å². The van der Waals surface area contributed by atoms with Crippen LogP contribution in [-0.2, 0) is 0 Å². The van der Waals surface area contributed by atoms with Crippen LogP contribution in [0.3, 0.4) is 0 Å². The molecule has 0 atom stereocenters. The lowest BCUT2D eigenvalue weighted by Gasteiger charge is -2.07. The minimum atomic E-state index is -1.29. The summed E-state index contributed by atoms with van der Waals surface area (Å²) in [6.45, 7) is 0. The number of carboxylic acid groups (broad SMARTS) is 1. The third-order valence-electron chi connectivity index (χ3n) is 2.83. The van der Waals surface area contributed by atoms with E-state index in [0.29, 0.717) is 5.69 Å². The van der Waals surface area contributed by atoms with Gasteiger partial charge in [0.05, 0.1) is 11.7 Å². The minimum absolute atomic E-state index is 0.0217. The van der Waals surface area contributed by atoms with Crippen molar-refractivity contribution >= 4 is 5.97 Å². The van der Waals surface area contributed by atoms with Crippen LogP contribution in [-0.4, -0.2) is 26.2 Å². The van der Waals surface area contributed by atoms with E-state index in [4.69, 9.17) is 4.74 Å². The van der Waals surface area contributed by atoms with Crippen LogP contribution in [0.2, 0.25) is 0 Å². The van der Waals surface area contributed by atoms with Gasteiger partial charge >= 0.3 is 6.01 Å². The van der Waals surface area contributed by atoms with E-state index in [0.717, 1.165) is 0 Å². The average molecular weight is 299 g/mol. The summed E-state index contributed by atoms with van der Waals surface area (Å²) >= 11 is 0. The molecule has 0 aliphatic carbocycles. The number of carbonyl (C=O) groups is 1. The van der Waals surface area contributed by atoms with Gasteiger partial charge in [-0.15, -0.1) is 0 Å². The molecule has 3 aromatic rings. The fraction of sp³-hybridized carbons (Fsp3) is 0. The standard InChI is InChI=1S/C14H9FN4O3/c15-11-3-1-2-4-12(11)22-14-16-17-18-19(14)10-7-5-9(6-8-10)13(20)21/h1-8H,(H,20,21)/p-1. The first-order valence-electron chi connectivity index (χ1n) is 6.18. The zero-order valence-electron chi connectivity index (χ0n) is 11.0. The summed E-state index contributed by atoms with van der Waals surface area (Å²) in [7, 11) is 0. The summed E-state index contributed by atoms with van der Waals surface area (Å²) in [5.74, 6) is -1.86. The predicted molar refractivity (Wildman–Crippen MR) is 70.0 cm³/mol. The van der Waals surface area contributed by atoms with E-state index in [1.165, 1.54) is 47.1 Å². The fourth-order valence-corrected chi connectivity index (χ4v) is 1.77. The number of tetrazole rings is 1. The molecule has 110 valence electrons. The van der Waals surface area contributed by atoms with Crippen LogP contribution in [0.4, 0.5) is 4.39 Å². The number of para-hydroxylation sites is 1. The zero-order chi connectivity index (χ0) is 15.5. The van der Waals surface area contributed by atoms with E-state index in [2.05, 4.69) is 15.5 Å². The second-order valence-electron chi connectivity index (χ2n) is 4.24. The highest BCUT2D eigenvalue weighted by molar-refractivity contribution is 5.85. The molecule has 7 nitrogen and oxygen atoms in total. The van der Waals surface area contributed by atoms with E-state index >= 15 is 0 Å². The Morgan fingerprint density at radius 1 is 1.14 bits per heavy atom. The van der Waals surface area contributed by atoms with Gasteiger partial charge in [-0.1, -0.05) is 29.4 Å². The Balaban J connectivity index is 1.92. The van der Waals surface area contributed by atoms with E-state index in [1.54, 1.807) is 6.07 Å². The number of halogens is 1. The first-order valence-corrected chi connectivity index (χ1v) is 6.18. The van der Waals surface area contributed by atoms with Crippen molar-refractivity contribution < 1.29 is 19.0 Å². The fourth-order valence-electron chi connectivity index (χ4n) is 1.77. The third kappa shape index (κ3) is 2.62. The first kappa shape index (κ1) is 13.7. The van der Waals surface area contributed by atoms with Gasteiger partial charge in [0.2, 0.25) is 0 Å². The zero-order valence-corrected chi connectivity index (χ0v) is 11.0. The van der Waals surface area contributed by atoms with E-state index in [1.807, 2.05) is 0 Å². The largest absolute Gasteiger partial charge is 0.545 e. The van der Waals surface area contributed by atoms with E-state index in [-0.39, 0.29) is 17.3 Å². The smallest absolute Gasteiger partial charge is 0.346 e. The Morgan fingerprint density at radius 3 is 2.55 bits per heavy atom. The average Bonchev–Trinajstić information content (AvgIpc) is 2.98. The van der Waals surface area contributed by atoms with Crippen molar-refractivity contribution in [2.24, 2.45) is 0 Å². The summed E-state index contributed by atoms with van der Waals surface area (Å²) in [6.07, 6.45) is 0. The van der Waals surface area contributed by atoms with Crippen LogP contribution in [0.5, 0.6) is 11.8 Å². The van der Waals surface area contributed by atoms with Gasteiger partial charge in [-0.3, -0.25) is 0 Å². The molecule has 3 rings (SSSR count). The van der Waals surface area contributed by atoms with E-state index in [9.17, 15) is 14.3 Å². The third-order valence-corrected chi connectivity index (χ3v) is 2.83. The Labute approximate surface area is 123 Å². The summed E-state index contributed by atoms with van der Waals surface area (Å²) < 4.78 is 20.1. The Morgan fingerprint density at radius 2 is 1.86 bits per heavy atom. The topological polar surface area (TPSA) is 93.0 Å². The first-order chi connectivity index (χ1) is 10.6. The number of hydrogen-bond donors (Lipinski definition) is 0. The van der Waals surface area contributed by atoms with Gasteiger partial charge in [-0.05, 0) is 40.3 Å². The number of benzene rings is 2. The molecule has 0 N–H and O–H groups in total. The molecule has 0 fully saturated rings.